The molecule has 1 aromatic heterocycles. The van der Waals surface area contributed by atoms with Crippen molar-refractivity contribution in [2.24, 2.45) is 0 Å². The highest BCUT2D eigenvalue weighted by atomic mass is 19.2. The number of H-pyrrole nitrogens is 1. The summed E-state index contributed by atoms with van der Waals surface area (Å²) in [5, 5.41) is 7.79. The largest absolute Gasteiger partial charge is 0.395 e. The summed E-state index contributed by atoms with van der Waals surface area (Å²) in [6.07, 6.45) is 0.448. The van der Waals surface area contributed by atoms with Crippen LogP contribution in [0.15, 0.2) is 6.07 Å². The van der Waals surface area contributed by atoms with Gasteiger partial charge >= 0.3 is 0 Å². The molecule has 0 aliphatic carbocycles. The van der Waals surface area contributed by atoms with Crippen molar-refractivity contribution in [1.82, 2.24) is 10.2 Å². The Balaban J connectivity index is 2.38. The third-order valence-corrected chi connectivity index (χ3v) is 2.80. The number of hydrogen-bond donors (Lipinski definition) is 3. The Kier molecular flexibility index (Phi) is 3.83. The number of rotatable bonds is 3. The molecule has 0 aliphatic rings. The monoisotopic (exact) mass is 302 g/mol. The highest BCUT2D eigenvalue weighted by Gasteiger charge is 2.23. The van der Waals surface area contributed by atoms with Gasteiger partial charge in [-0.3, -0.25) is 9.89 Å². The lowest BCUT2D eigenvalue weighted by Crippen LogP contribution is -2.17. The van der Waals surface area contributed by atoms with Gasteiger partial charge in [0.05, 0.1) is 11.4 Å². The predicted octanol–water partition coefficient (Wildman–Crippen LogP) is 2.36. The minimum Gasteiger partial charge on any atom is -0.395 e. The maximum atomic E-state index is 13.4. The van der Waals surface area contributed by atoms with Crippen LogP contribution in [0.2, 0.25) is 0 Å². The van der Waals surface area contributed by atoms with Gasteiger partial charge in [0, 0.05) is 6.07 Å². The van der Waals surface area contributed by atoms with Crippen LogP contribution in [0.5, 0.6) is 0 Å². The average Bonchev–Trinajstić information content (AvgIpc) is 2.82. The minimum atomic E-state index is -1.72. The zero-order chi connectivity index (χ0) is 15.7. The van der Waals surface area contributed by atoms with Crippen LogP contribution in [0, 0.1) is 23.3 Å². The van der Waals surface area contributed by atoms with Crippen molar-refractivity contribution in [3.8, 4) is 0 Å². The van der Waals surface area contributed by atoms with E-state index in [9.17, 15) is 22.4 Å². The van der Waals surface area contributed by atoms with Crippen molar-refractivity contribution >= 4 is 17.3 Å². The summed E-state index contributed by atoms with van der Waals surface area (Å²) < 4.78 is 52.9. The lowest BCUT2D eigenvalue weighted by Gasteiger charge is -2.08. The summed E-state index contributed by atoms with van der Waals surface area (Å²) >= 11 is 0. The molecule has 0 saturated carbocycles. The van der Waals surface area contributed by atoms with E-state index in [-0.39, 0.29) is 17.4 Å². The lowest BCUT2D eigenvalue weighted by atomic mass is 10.2. The van der Waals surface area contributed by atoms with Gasteiger partial charge < -0.3 is 11.1 Å². The molecule has 0 saturated heterocycles. The fourth-order valence-corrected chi connectivity index (χ4v) is 1.68. The van der Waals surface area contributed by atoms with Crippen LogP contribution in [0.4, 0.5) is 28.9 Å². The number of benzene rings is 1. The van der Waals surface area contributed by atoms with E-state index in [1.54, 1.807) is 12.2 Å². The van der Waals surface area contributed by atoms with Crippen LogP contribution in [0.3, 0.4) is 0 Å². The van der Waals surface area contributed by atoms with Crippen molar-refractivity contribution in [1.29, 1.82) is 0 Å². The topological polar surface area (TPSA) is 83.8 Å². The molecule has 2 rings (SSSR count). The molecular formula is C12H10F4N4O. The fourth-order valence-electron chi connectivity index (χ4n) is 1.68. The predicted molar refractivity (Wildman–Crippen MR) is 66.6 cm³/mol. The Bertz CT molecular complexity index is 688. The van der Waals surface area contributed by atoms with Gasteiger partial charge in [0.15, 0.2) is 29.0 Å². The van der Waals surface area contributed by atoms with Gasteiger partial charge in [-0.15, -0.1) is 0 Å². The molecule has 21 heavy (non-hydrogen) atoms. The van der Waals surface area contributed by atoms with Crippen molar-refractivity contribution in [3.05, 3.63) is 40.7 Å². The second-order valence-electron chi connectivity index (χ2n) is 4.12. The number of nitrogens with one attached hydrogen (secondary N) is 2. The van der Waals surface area contributed by atoms with Crippen LogP contribution in [-0.2, 0) is 6.42 Å². The number of aromatic nitrogens is 2. The van der Waals surface area contributed by atoms with Gasteiger partial charge in [-0.2, -0.15) is 5.10 Å². The molecule has 2 aromatic rings. The maximum Gasteiger partial charge on any atom is 0.278 e. The number of aromatic amines is 1. The highest BCUT2D eigenvalue weighted by Crippen LogP contribution is 2.25. The first kappa shape index (κ1) is 14.8. The van der Waals surface area contributed by atoms with Crippen molar-refractivity contribution < 1.29 is 22.4 Å². The number of hydrogen-bond acceptors (Lipinski definition) is 3. The second kappa shape index (κ2) is 5.43. The molecule has 1 heterocycles. The Morgan fingerprint density at radius 3 is 2.33 bits per heavy atom. The van der Waals surface area contributed by atoms with Gasteiger partial charge in [0.1, 0.15) is 5.69 Å². The first-order valence-corrected chi connectivity index (χ1v) is 5.83. The summed E-state index contributed by atoms with van der Waals surface area (Å²) in [6, 6.07) is 0.0401. The van der Waals surface area contributed by atoms with Gasteiger partial charge in [-0.25, -0.2) is 17.6 Å². The van der Waals surface area contributed by atoms with Gasteiger partial charge in [-0.05, 0) is 6.42 Å². The Hall–Kier alpha value is -2.58. The van der Waals surface area contributed by atoms with E-state index in [2.05, 4.69) is 10.2 Å². The maximum absolute atomic E-state index is 13.4. The first-order chi connectivity index (χ1) is 9.86. The summed E-state index contributed by atoms with van der Waals surface area (Å²) in [7, 11) is 0. The van der Waals surface area contributed by atoms with E-state index in [1.165, 1.54) is 0 Å². The number of amides is 1. The van der Waals surface area contributed by atoms with E-state index in [4.69, 9.17) is 5.73 Å². The molecule has 1 amide bonds. The SMILES string of the molecule is CCc1[nH]nc(C(=O)Nc2c(F)c(F)cc(F)c2F)c1N. The normalized spacial score (nSPS) is 10.7. The van der Waals surface area contributed by atoms with E-state index in [0.29, 0.717) is 12.1 Å². The molecule has 5 nitrogen and oxygen atoms in total. The highest BCUT2D eigenvalue weighted by molar-refractivity contribution is 6.06. The molecule has 1 aromatic carbocycles. The Labute approximate surface area is 116 Å². The summed E-state index contributed by atoms with van der Waals surface area (Å²) in [5.41, 5.74) is 4.50. The summed E-state index contributed by atoms with van der Waals surface area (Å²) in [5.74, 6) is -7.78. The van der Waals surface area contributed by atoms with Crippen LogP contribution in [-0.4, -0.2) is 16.1 Å². The van der Waals surface area contributed by atoms with Gasteiger partial charge in [0.25, 0.3) is 5.91 Å². The Morgan fingerprint density at radius 2 is 1.86 bits per heavy atom. The van der Waals surface area contributed by atoms with Crippen LogP contribution < -0.4 is 11.1 Å². The van der Waals surface area contributed by atoms with E-state index >= 15 is 0 Å². The number of nitrogens with two attached hydrogens (primary N) is 1. The molecule has 4 N–H and O–H groups in total. The van der Waals surface area contributed by atoms with E-state index < -0.39 is 34.9 Å². The third kappa shape index (κ3) is 2.54. The van der Waals surface area contributed by atoms with Gasteiger partial charge in [-0.1, -0.05) is 6.92 Å². The zero-order valence-corrected chi connectivity index (χ0v) is 10.7. The molecule has 0 atom stereocenters. The molecule has 0 spiro atoms. The third-order valence-electron chi connectivity index (χ3n) is 2.80. The number of nitrogen functional groups attached to an aromatic ring is 1. The van der Waals surface area contributed by atoms with Crippen molar-refractivity contribution in [2.75, 3.05) is 11.1 Å². The average molecular weight is 302 g/mol. The molecule has 0 aliphatic heterocycles. The molecule has 0 fully saturated rings. The number of carbonyl (C=O) groups is 1. The van der Waals surface area contributed by atoms with E-state index in [0.717, 1.165) is 0 Å². The van der Waals surface area contributed by atoms with Crippen LogP contribution in [0.25, 0.3) is 0 Å². The number of nitrogens with zero attached hydrogens (tertiary/aromatic N) is 1. The van der Waals surface area contributed by atoms with Crippen LogP contribution >= 0.6 is 0 Å². The van der Waals surface area contributed by atoms with Gasteiger partial charge in [0.2, 0.25) is 0 Å². The van der Waals surface area contributed by atoms with E-state index in [1.807, 2.05) is 0 Å². The standard InChI is InChI=1S/C12H10F4N4O/c1-2-6-9(17)11(20-19-6)12(21)18-10-7(15)4(13)3-5(14)8(10)16/h3H,2,17H2,1H3,(H,18,21)(H,19,20). The summed E-state index contributed by atoms with van der Waals surface area (Å²) in [6.45, 7) is 1.74. The number of anilines is 2. The van der Waals surface area contributed by atoms with Crippen molar-refractivity contribution in [3.63, 3.8) is 0 Å². The van der Waals surface area contributed by atoms with Crippen LogP contribution in [0.1, 0.15) is 23.1 Å². The molecule has 9 heteroatoms. The minimum absolute atomic E-state index is 0.00677. The first-order valence-electron chi connectivity index (χ1n) is 5.83. The molecular weight excluding hydrogens is 292 g/mol. The number of halogens is 4. The molecule has 0 bridgehead atoms. The molecule has 0 unspecified atom stereocenters. The fraction of sp³-hybridized carbons (Fsp3) is 0.167. The molecule has 0 radical (unpaired) electrons. The van der Waals surface area contributed by atoms with Crippen molar-refractivity contribution in [2.45, 2.75) is 13.3 Å². The lowest BCUT2D eigenvalue weighted by molar-refractivity contribution is 0.102. The molecule has 112 valence electrons. The quantitative estimate of drug-likeness (QED) is 0.601. The number of carbonyl (C=O) groups excluding carboxylic acids is 1. The second-order valence-corrected chi connectivity index (χ2v) is 4.12. The zero-order valence-electron chi connectivity index (χ0n) is 10.7. The Morgan fingerprint density at radius 1 is 1.29 bits per heavy atom. The number of aryl methyl sites for hydroxylation is 1. The smallest absolute Gasteiger partial charge is 0.278 e. The summed E-state index contributed by atoms with van der Waals surface area (Å²) in [4.78, 5) is 11.8.